The fourth-order valence-electron chi connectivity index (χ4n) is 3.24. The van der Waals surface area contributed by atoms with E-state index in [1.807, 2.05) is 0 Å². The van der Waals surface area contributed by atoms with Gasteiger partial charge >= 0.3 is 0 Å². The van der Waals surface area contributed by atoms with Crippen LogP contribution in [0.1, 0.15) is 73.6 Å². The molecule has 0 fully saturated rings. The van der Waals surface area contributed by atoms with Crippen molar-refractivity contribution in [1.82, 2.24) is 0 Å². The van der Waals surface area contributed by atoms with E-state index in [-0.39, 0.29) is 0 Å². The third kappa shape index (κ3) is 7.34. The van der Waals surface area contributed by atoms with Gasteiger partial charge in [-0.15, -0.1) is 0 Å². The summed E-state index contributed by atoms with van der Waals surface area (Å²) in [7, 11) is 0. The summed E-state index contributed by atoms with van der Waals surface area (Å²) >= 11 is 0. The molecule has 24 heavy (non-hydrogen) atoms. The van der Waals surface area contributed by atoms with E-state index in [0.29, 0.717) is 5.41 Å². The highest BCUT2D eigenvalue weighted by atomic mass is 14.3. The maximum Gasteiger partial charge on any atom is -0.0104 e. The van der Waals surface area contributed by atoms with Crippen molar-refractivity contribution in [3.8, 4) is 0 Å². The molecule has 0 radical (unpaired) electrons. The van der Waals surface area contributed by atoms with Gasteiger partial charge in [0.25, 0.3) is 0 Å². The van der Waals surface area contributed by atoms with Gasteiger partial charge in [-0.1, -0.05) is 79.2 Å². The van der Waals surface area contributed by atoms with E-state index in [0.717, 1.165) is 12.8 Å². The second-order valence-electron chi connectivity index (χ2n) is 7.66. The first kappa shape index (κ1) is 20.5. The average Bonchev–Trinajstić information content (AvgIpc) is 2.50. The maximum absolute atomic E-state index is 2.37. The lowest BCUT2D eigenvalue weighted by Crippen LogP contribution is -2.19. The van der Waals surface area contributed by atoms with Crippen LogP contribution in [-0.4, -0.2) is 0 Å². The molecule has 0 heterocycles. The van der Waals surface area contributed by atoms with Gasteiger partial charge in [-0.25, -0.2) is 0 Å². The summed E-state index contributed by atoms with van der Waals surface area (Å²) in [5.74, 6) is 0. The molecule has 1 aliphatic carbocycles. The fraction of sp³-hybridized carbons (Fsp3) is 0.500. The van der Waals surface area contributed by atoms with Gasteiger partial charge in [-0.05, 0) is 70.8 Å². The summed E-state index contributed by atoms with van der Waals surface area (Å²) in [5, 5.41) is 0. The van der Waals surface area contributed by atoms with Crippen LogP contribution in [0.15, 0.2) is 70.9 Å². The molecular weight excluding hydrogens is 288 g/mol. The van der Waals surface area contributed by atoms with E-state index in [1.54, 1.807) is 5.57 Å². The van der Waals surface area contributed by atoms with Crippen molar-refractivity contribution in [2.24, 2.45) is 5.41 Å². The molecule has 0 N–H and O–H groups in total. The number of hydrogen-bond donors (Lipinski definition) is 0. The van der Waals surface area contributed by atoms with Gasteiger partial charge in [-0.3, -0.25) is 0 Å². The Balaban J connectivity index is 2.61. The standard InChI is InChI=1S/C24H36/c1-7-8-9-13-20(2)14-10-11-15-21(3)17-18-23-22(4)16-12-19-24(23,5)6/h7-8,10-11,13,15,17-18H,9,12,14,16,19H2,1-6H3/b8-7+,11-10+,18-17+,20-13+,21-15+. The van der Waals surface area contributed by atoms with E-state index >= 15 is 0 Å². The minimum atomic E-state index is 0.323. The van der Waals surface area contributed by atoms with Gasteiger partial charge < -0.3 is 0 Å². The average molecular weight is 325 g/mol. The third-order valence-electron chi connectivity index (χ3n) is 4.83. The molecule has 0 aromatic rings. The van der Waals surface area contributed by atoms with Crippen LogP contribution in [0.3, 0.4) is 0 Å². The van der Waals surface area contributed by atoms with Crippen molar-refractivity contribution in [3.05, 3.63) is 70.9 Å². The summed E-state index contributed by atoms with van der Waals surface area (Å²) < 4.78 is 0. The fourth-order valence-corrected chi connectivity index (χ4v) is 3.24. The molecular formula is C24H36. The van der Waals surface area contributed by atoms with Crippen molar-refractivity contribution in [1.29, 1.82) is 0 Å². The lowest BCUT2D eigenvalue weighted by molar-refractivity contribution is 0.377. The topological polar surface area (TPSA) is 0 Å². The second-order valence-corrected chi connectivity index (χ2v) is 7.66. The Hall–Kier alpha value is -1.56. The first-order valence-corrected chi connectivity index (χ1v) is 9.35. The predicted molar refractivity (Wildman–Crippen MR) is 110 cm³/mol. The number of hydrogen-bond acceptors (Lipinski definition) is 0. The van der Waals surface area contributed by atoms with E-state index in [9.17, 15) is 0 Å². The Morgan fingerprint density at radius 2 is 1.92 bits per heavy atom. The zero-order valence-electron chi connectivity index (χ0n) is 16.7. The van der Waals surface area contributed by atoms with Crippen molar-refractivity contribution < 1.29 is 0 Å². The monoisotopic (exact) mass is 324 g/mol. The Morgan fingerprint density at radius 3 is 2.58 bits per heavy atom. The zero-order chi connectivity index (χ0) is 18.0. The van der Waals surface area contributed by atoms with Crippen LogP contribution in [-0.2, 0) is 0 Å². The Bertz CT molecular complexity index is 571. The molecule has 0 spiro atoms. The van der Waals surface area contributed by atoms with E-state index < -0.39 is 0 Å². The molecule has 1 aliphatic rings. The van der Waals surface area contributed by atoms with Crippen LogP contribution in [0, 0.1) is 5.41 Å². The third-order valence-corrected chi connectivity index (χ3v) is 4.83. The van der Waals surface area contributed by atoms with Gasteiger partial charge in [0.1, 0.15) is 0 Å². The van der Waals surface area contributed by atoms with Crippen LogP contribution in [0.5, 0.6) is 0 Å². The molecule has 132 valence electrons. The van der Waals surface area contributed by atoms with Crippen molar-refractivity contribution in [2.75, 3.05) is 0 Å². The lowest BCUT2D eigenvalue weighted by atomic mass is 9.72. The highest BCUT2D eigenvalue weighted by Crippen LogP contribution is 2.40. The first-order valence-electron chi connectivity index (χ1n) is 9.35. The molecule has 0 nitrogen and oxygen atoms in total. The highest BCUT2D eigenvalue weighted by molar-refractivity contribution is 5.36. The van der Waals surface area contributed by atoms with E-state index in [2.05, 4.69) is 90.2 Å². The minimum absolute atomic E-state index is 0.323. The Labute approximate surface area is 150 Å². The molecule has 0 aromatic heterocycles. The molecule has 0 saturated heterocycles. The lowest BCUT2D eigenvalue weighted by Gasteiger charge is -2.32. The smallest absolute Gasteiger partial charge is 0.0104 e. The SMILES string of the molecule is C/C=C/C/C=C(\C)C/C=C/C=C(C)/C=C/C1=C(C)CCCC1(C)C. The summed E-state index contributed by atoms with van der Waals surface area (Å²) in [4.78, 5) is 0. The summed E-state index contributed by atoms with van der Waals surface area (Å²) in [6, 6.07) is 0. The molecule has 0 amide bonds. The zero-order valence-corrected chi connectivity index (χ0v) is 16.7. The van der Waals surface area contributed by atoms with Crippen molar-refractivity contribution in [2.45, 2.75) is 73.6 Å². The second kappa shape index (κ2) is 10.3. The van der Waals surface area contributed by atoms with E-state index in [1.165, 1.54) is 36.0 Å². The molecule has 0 heteroatoms. The predicted octanol–water partition coefficient (Wildman–Crippen LogP) is 7.87. The van der Waals surface area contributed by atoms with Crippen LogP contribution >= 0.6 is 0 Å². The summed E-state index contributed by atoms with van der Waals surface area (Å²) in [6.45, 7) is 13.5. The molecule has 0 bridgehead atoms. The largest absolute Gasteiger partial charge is 0.0914 e. The van der Waals surface area contributed by atoms with Gasteiger partial charge in [0.05, 0.1) is 0 Å². The van der Waals surface area contributed by atoms with Crippen LogP contribution in [0.4, 0.5) is 0 Å². The molecule has 0 saturated carbocycles. The molecule has 1 rings (SSSR count). The van der Waals surface area contributed by atoms with Gasteiger partial charge in [0, 0.05) is 0 Å². The minimum Gasteiger partial charge on any atom is -0.0914 e. The van der Waals surface area contributed by atoms with E-state index in [4.69, 9.17) is 0 Å². The van der Waals surface area contributed by atoms with Crippen LogP contribution in [0.2, 0.25) is 0 Å². The van der Waals surface area contributed by atoms with Crippen molar-refractivity contribution >= 4 is 0 Å². The summed E-state index contributed by atoms with van der Waals surface area (Å²) in [6.07, 6.45) is 23.8. The van der Waals surface area contributed by atoms with Crippen LogP contribution < -0.4 is 0 Å². The van der Waals surface area contributed by atoms with Gasteiger partial charge in [-0.2, -0.15) is 0 Å². The Kier molecular flexibility index (Phi) is 8.82. The molecule has 0 aliphatic heterocycles. The quantitative estimate of drug-likeness (QED) is 0.330. The molecule has 0 aromatic carbocycles. The normalized spacial score (nSPS) is 20.1. The number of rotatable bonds is 7. The first-order chi connectivity index (χ1) is 11.4. The number of allylic oxidation sites excluding steroid dienone is 12. The highest BCUT2D eigenvalue weighted by Gasteiger charge is 2.26. The van der Waals surface area contributed by atoms with Gasteiger partial charge in [0.2, 0.25) is 0 Å². The summed E-state index contributed by atoms with van der Waals surface area (Å²) in [5.41, 5.74) is 6.16. The molecule has 0 unspecified atom stereocenters. The maximum atomic E-state index is 2.37. The van der Waals surface area contributed by atoms with Gasteiger partial charge in [0.15, 0.2) is 0 Å². The molecule has 0 atom stereocenters. The van der Waals surface area contributed by atoms with Crippen LogP contribution in [0.25, 0.3) is 0 Å². The van der Waals surface area contributed by atoms with Crippen molar-refractivity contribution in [3.63, 3.8) is 0 Å². The Morgan fingerprint density at radius 1 is 1.17 bits per heavy atom.